The van der Waals surface area contributed by atoms with E-state index in [-0.39, 0.29) is 19.8 Å². The Hall–Kier alpha value is -0.290. The molecule has 9 heteroatoms. The van der Waals surface area contributed by atoms with E-state index in [9.17, 15) is 8.42 Å². The van der Waals surface area contributed by atoms with E-state index >= 15 is 0 Å². The third-order valence-electron chi connectivity index (χ3n) is 5.42. The van der Waals surface area contributed by atoms with Crippen LogP contribution in [0, 0.1) is 0 Å². The predicted molar refractivity (Wildman–Crippen MR) is 131 cm³/mol. The van der Waals surface area contributed by atoms with Crippen LogP contribution in [0.25, 0.3) is 0 Å². The zero-order valence-electron chi connectivity index (χ0n) is 20.9. The molecule has 200 valence electrons. The molecule has 0 saturated carbocycles. The van der Waals surface area contributed by atoms with Crippen LogP contribution in [0.2, 0.25) is 0 Å². The highest BCUT2D eigenvalue weighted by molar-refractivity contribution is 7.80. The molecule has 0 saturated heterocycles. The van der Waals surface area contributed by atoms with Gasteiger partial charge in [0.25, 0.3) is 0 Å². The molecule has 0 aliphatic heterocycles. The molecule has 0 amide bonds. The summed E-state index contributed by atoms with van der Waals surface area (Å²) in [5.41, 5.74) is 0. The third-order valence-corrected chi connectivity index (χ3v) is 5.94. The van der Waals surface area contributed by atoms with Crippen LogP contribution in [0.5, 0.6) is 0 Å². The highest BCUT2D eigenvalue weighted by atomic mass is 32.3. The van der Waals surface area contributed by atoms with Gasteiger partial charge in [-0.25, -0.2) is 4.18 Å². The van der Waals surface area contributed by atoms with Crippen molar-refractivity contribution in [3.63, 3.8) is 0 Å². The van der Waals surface area contributed by atoms with Crippen LogP contribution >= 0.6 is 0 Å². The van der Waals surface area contributed by atoms with Crippen LogP contribution in [0.4, 0.5) is 0 Å². The van der Waals surface area contributed by atoms with Crippen LogP contribution in [-0.4, -0.2) is 70.4 Å². The van der Waals surface area contributed by atoms with E-state index in [2.05, 4.69) is 6.92 Å². The molecule has 0 spiro atoms. The molecule has 0 aromatic carbocycles. The maximum atomic E-state index is 11.1. The molecule has 2 N–H and O–H groups in total. The standard InChI is InChI=1S/C24H50O8S/c1-2-3-4-5-6-7-8-9-10-11-12-13-14-15-16-24(32-33(26,27)28)23-31-22-21-30-20-19-29-18-17-25/h24-25H,2-23H2,1H3,(H,26,27,28). The van der Waals surface area contributed by atoms with Gasteiger partial charge in [-0.3, -0.25) is 4.55 Å². The minimum absolute atomic E-state index is 0.0163. The van der Waals surface area contributed by atoms with Crippen molar-refractivity contribution in [1.82, 2.24) is 0 Å². The van der Waals surface area contributed by atoms with E-state index in [0.717, 1.165) is 19.3 Å². The zero-order valence-corrected chi connectivity index (χ0v) is 21.7. The zero-order chi connectivity index (χ0) is 24.5. The van der Waals surface area contributed by atoms with Crippen molar-refractivity contribution in [2.75, 3.05) is 46.2 Å². The van der Waals surface area contributed by atoms with Crippen LogP contribution in [0.15, 0.2) is 0 Å². The summed E-state index contributed by atoms with van der Waals surface area (Å²) in [6.45, 7) is 4.04. The SMILES string of the molecule is CCCCCCCCCCCCCCCCC(COCCOCCOCCO)OS(=O)(=O)O. The molecule has 0 bridgehead atoms. The number of aliphatic hydroxyl groups excluding tert-OH is 1. The maximum Gasteiger partial charge on any atom is 0.397 e. The molecule has 0 fully saturated rings. The summed E-state index contributed by atoms with van der Waals surface area (Å²) in [5, 5.41) is 8.59. The average molecular weight is 499 g/mol. The van der Waals surface area contributed by atoms with Crippen LogP contribution in [0.3, 0.4) is 0 Å². The molecule has 0 heterocycles. The monoisotopic (exact) mass is 498 g/mol. The van der Waals surface area contributed by atoms with Gasteiger partial charge in [0.05, 0.1) is 46.2 Å². The van der Waals surface area contributed by atoms with Gasteiger partial charge in [0.15, 0.2) is 0 Å². The lowest BCUT2D eigenvalue weighted by atomic mass is 10.0. The Balaban J connectivity index is 3.64. The van der Waals surface area contributed by atoms with Crippen LogP contribution < -0.4 is 0 Å². The first-order valence-corrected chi connectivity index (χ1v) is 14.4. The first kappa shape index (κ1) is 32.7. The fourth-order valence-corrected chi connectivity index (χ4v) is 4.11. The van der Waals surface area contributed by atoms with Crippen molar-refractivity contribution >= 4 is 10.4 Å². The Morgan fingerprint density at radius 3 is 1.52 bits per heavy atom. The summed E-state index contributed by atoms with van der Waals surface area (Å²) in [7, 11) is -4.50. The molecule has 0 radical (unpaired) electrons. The van der Waals surface area contributed by atoms with Crippen molar-refractivity contribution < 1.29 is 36.5 Å². The lowest BCUT2D eigenvalue weighted by Gasteiger charge is -2.16. The van der Waals surface area contributed by atoms with Gasteiger partial charge in [-0.1, -0.05) is 96.8 Å². The minimum atomic E-state index is -4.50. The van der Waals surface area contributed by atoms with Gasteiger partial charge in [0, 0.05) is 0 Å². The fraction of sp³-hybridized carbons (Fsp3) is 1.00. The highest BCUT2D eigenvalue weighted by Crippen LogP contribution is 2.15. The molecular formula is C24H50O8S. The lowest BCUT2D eigenvalue weighted by Crippen LogP contribution is -2.24. The van der Waals surface area contributed by atoms with Crippen molar-refractivity contribution in [2.45, 2.75) is 109 Å². The van der Waals surface area contributed by atoms with E-state index in [1.807, 2.05) is 0 Å². The average Bonchev–Trinajstić information content (AvgIpc) is 2.77. The molecular weight excluding hydrogens is 448 g/mol. The van der Waals surface area contributed by atoms with Gasteiger partial charge >= 0.3 is 10.4 Å². The largest absolute Gasteiger partial charge is 0.397 e. The molecule has 0 aromatic heterocycles. The first-order chi connectivity index (χ1) is 16.0. The van der Waals surface area contributed by atoms with E-state index in [4.69, 9.17) is 28.1 Å². The number of ether oxygens (including phenoxy) is 3. The van der Waals surface area contributed by atoms with Crippen molar-refractivity contribution in [3.05, 3.63) is 0 Å². The van der Waals surface area contributed by atoms with Crippen LogP contribution in [-0.2, 0) is 28.8 Å². The number of rotatable bonds is 27. The molecule has 8 nitrogen and oxygen atoms in total. The quantitative estimate of drug-likeness (QED) is 0.119. The summed E-state index contributed by atoms with van der Waals surface area (Å²) in [5.74, 6) is 0. The smallest absolute Gasteiger partial charge is 0.394 e. The summed E-state index contributed by atoms with van der Waals surface area (Å²) in [4.78, 5) is 0. The Morgan fingerprint density at radius 1 is 0.636 bits per heavy atom. The number of unbranched alkanes of at least 4 members (excludes halogenated alkanes) is 13. The highest BCUT2D eigenvalue weighted by Gasteiger charge is 2.17. The normalized spacial score (nSPS) is 12.9. The number of hydrogen-bond donors (Lipinski definition) is 2. The summed E-state index contributed by atoms with van der Waals surface area (Å²) >= 11 is 0. The molecule has 0 aromatic rings. The Labute approximate surface area is 202 Å². The molecule has 33 heavy (non-hydrogen) atoms. The fourth-order valence-electron chi connectivity index (χ4n) is 3.62. The summed E-state index contributed by atoms with van der Waals surface area (Å²) < 4.78 is 51.7. The van der Waals surface area contributed by atoms with Gasteiger partial charge in [0.1, 0.15) is 6.10 Å². The Kier molecular flexibility index (Phi) is 24.6. The van der Waals surface area contributed by atoms with Crippen molar-refractivity contribution in [1.29, 1.82) is 0 Å². The van der Waals surface area contributed by atoms with Gasteiger partial charge in [-0.15, -0.1) is 0 Å². The first-order valence-electron chi connectivity index (χ1n) is 13.0. The van der Waals surface area contributed by atoms with Gasteiger partial charge in [-0.2, -0.15) is 8.42 Å². The van der Waals surface area contributed by atoms with Gasteiger partial charge in [-0.05, 0) is 6.42 Å². The molecule has 0 aliphatic carbocycles. The topological polar surface area (TPSA) is 112 Å². The Bertz CT molecular complexity index is 487. The van der Waals surface area contributed by atoms with Crippen molar-refractivity contribution in [2.24, 2.45) is 0 Å². The second kappa shape index (κ2) is 24.8. The summed E-state index contributed by atoms with van der Waals surface area (Å²) in [6, 6.07) is 0. The second-order valence-corrected chi connectivity index (χ2v) is 9.60. The predicted octanol–water partition coefficient (Wildman–Crippen LogP) is 5.09. The third kappa shape index (κ3) is 27.8. The number of hydrogen-bond acceptors (Lipinski definition) is 7. The number of aliphatic hydroxyl groups is 1. The minimum Gasteiger partial charge on any atom is -0.394 e. The summed E-state index contributed by atoms with van der Waals surface area (Å²) in [6.07, 6.45) is 17.4. The van der Waals surface area contributed by atoms with E-state index in [1.54, 1.807) is 0 Å². The van der Waals surface area contributed by atoms with Crippen molar-refractivity contribution in [3.8, 4) is 0 Å². The van der Waals surface area contributed by atoms with E-state index in [1.165, 1.54) is 70.6 Å². The molecule has 0 rings (SSSR count). The van der Waals surface area contributed by atoms with Gasteiger partial charge < -0.3 is 19.3 Å². The van der Waals surface area contributed by atoms with E-state index < -0.39 is 16.5 Å². The van der Waals surface area contributed by atoms with Gasteiger partial charge in [0.2, 0.25) is 0 Å². The lowest BCUT2D eigenvalue weighted by molar-refractivity contribution is -0.0101. The maximum absolute atomic E-state index is 11.1. The molecule has 1 unspecified atom stereocenters. The second-order valence-electron chi connectivity index (χ2n) is 8.55. The Morgan fingerprint density at radius 2 is 1.06 bits per heavy atom. The molecule has 0 aliphatic rings. The molecule has 1 atom stereocenters. The van der Waals surface area contributed by atoms with E-state index in [0.29, 0.717) is 32.8 Å². The van der Waals surface area contributed by atoms with Crippen LogP contribution in [0.1, 0.15) is 103 Å².